The Hall–Kier alpha value is -1.99. The zero-order valence-corrected chi connectivity index (χ0v) is 12.5. The quantitative estimate of drug-likeness (QED) is 0.774. The van der Waals surface area contributed by atoms with E-state index in [0.29, 0.717) is 6.04 Å². The lowest BCUT2D eigenvalue weighted by Crippen LogP contribution is -2.22. The lowest BCUT2D eigenvalue weighted by atomic mass is 10.2. The molecule has 7 heteroatoms. The van der Waals surface area contributed by atoms with Crippen molar-refractivity contribution in [1.29, 1.82) is 0 Å². The number of nitrogens with zero attached hydrogens (tertiary/aromatic N) is 4. The minimum Gasteiger partial charge on any atom is -0.365 e. The SMILES string of the molecule is Cc1cn2c(-c3cncc(NC4CCNC4)n3)cnc2s1. The fraction of sp³-hybridized carbons (Fsp3) is 0.357. The molecule has 0 amide bonds. The van der Waals surface area contributed by atoms with Gasteiger partial charge in [-0.15, -0.1) is 11.3 Å². The third kappa shape index (κ3) is 2.38. The standard InChI is InChI=1S/C14H16N6S/c1-9-8-20-12(6-17-14(20)21-9)11-5-16-7-13(19-11)18-10-2-3-15-4-10/h5-8,10,15H,2-4H2,1H3,(H,18,19). The van der Waals surface area contributed by atoms with Crippen LogP contribution in [0.25, 0.3) is 16.3 Å². The van der Waals surface area contributed by atoms with E-state index in [4.69, 9.17) is 0 Å². The first-order chi connectivity index (χ1) is 10.3. The summed E-state index contributed by atoms with van der Waals surface area (Å²) >= 11 is 1.68. The van der Waals surface area contributed by atoms with Crippen LogP contribution in [0.1, 0.15) is 11.3 Å². The van der Waals surface area contributed by atoms with Crippen LogP contribution in [0.5, 0.6) is 0 Å². The number of fused-ring (bicyclic) bond motifs is 1. The van der Waals surface area contributed by atoms with Crippen molar-refractivity contribution in [3.63, 3.8) is 0 Å². The maximum atomic E-state index is 4.68. The predicted octanol–water partition coefficient (Wildman–Crippen LogP) is 1.94. The molecule has 4 heterocycles. The van der Waals surface area contributed by atoms with Gasteiger partial charge in [0.25, 0.3) is 0 Å². The minimum absolute atomic E-state index is 0.434. The lowest BCUT2D eigenvalue weighted by molar-refractivity contribution is 0.786. The molecule has 0 spiro atoms. The molecule has 1 atom stereocenters. The Kier molecular flexibility index (Phi) is 3.08. The first kappa shape index (κ1) is 12.7. The second kappa shape index (κ2) is 5.09. The van der Waals surface area contributed by atoms with Gasteiger partial charge in [0.15, 0.2) is 4.96 Å². The van der Waals surface area contributed by atoms with Crippen LogP contribution in [0.4, 0.5) is 5.82 Å². The monoisotopic (exact) mass is 300 g/mol. The molecule has 0 aromatic carbocycles. The molecule has 0 aliphatic carbocycles. The van der Waals surface area contributed by atoms with E-state index in [0.717, 1.165) is 41.7 Å². The van der Waals surface area contributed by atoms with E-state index < -0.39 is 0 Å². The Morgan fingerprint density at radius 3 is 3.19 bits per heavy atom. The summed E-state index contributed by atoms with van der Waals surface area (Å²) in [5.41, 5.74) is 1.83. The number of aromatic nitrogens is 4. The Morgan fingerprint density at radius 2 is 2.33 bits per heavy atom. The van der Waals surface area contributed by atoms with Crippen molar-refractivity contribution in [2.45, 2.75) is 19.4 Å². The van der Waals surface area contributed by atoms with Gasteiger partial charge in [-0.05, 0) is 19.9 Å². The van der Waals surface area contributed by atoms with Crippen molar-refractivity contribution in [1.82, 2.24) is 24.7 Å². The fourth-order valence-corrected chi connectivity index (χ4v) is 3.43. The molecule has 4 rings (SSSR count). The Morgan fingerprint density at radius 1 is 1.38 bits per heavy atom. The molecule has 1 aliphatic heterocycles. The van der Waals surface area contributed by atoms with Crippen molar-refractivity contribution in [2.24, 2.45) is 0 Å². The Bertz CT molecular complexity index is 771. The Balaban J connectivity index is 1.68. The zero-order chi connectivity index (χ0) is 14.2. The van der Waals surface area contributed by atoms with Crippen molar-refractivity contribution in [3.05, 3.63) is 29.7 Å². The topological polar surface area (TPSA) is 67.1 Å². The van der Waals surface area contributed by atoms with Gasteiger partial charge >= 0.3 is 0 Å². The maximum absolute atomic E-state index is 4.68. The van der Waals surface area contributed by atoms with E-state index in [-0.39, 0.29) is 0 Å². The van der Waals surface area contributed by atoms with E-state index >= 15 is 0 Å². The molecule has 0 radical (unpaired) electrons. The molecule has 1 saturated heterocycles. The number of imidazole rings is 1. The van der Waals surface area contributed by atoms with Gasteiger partial charge in [0, 0.05) is 23.7 Å². The van der Waals surface area contributed by atoms with Crippen LogP contribution in [0.3, 0.4) is 0 Å². The third-order valence-electron chi connectivity index (χ3n) is 3.64. The van der Waals surface area contributed by atoms with Gasteiger partial charge in [-0.2, -0.15) is 0 Å². The molecule has 1 fully saturated rings. The molecule has 1 unspecified atom stereocenters. The predicted molar refractivity (Wildman–Crippen MR) is 83.7 cm³/mol. The summed E-state index contributed by atoms with van der Waals surface area (Å²) in [7, 11) is 0. The van der Waals surface area contributed by atoms with E-state index in [2.05, 4.69) is 43.1 Å². The number of aryl methyl sites for hydroxylation is 1. The number of hydrogen-bond donors (Lipinski definition) is 2. The molecular formula is C14H16N6S. The summed E-state index contributed by atoms with van der Waals surface area (Å²) < 4.78 is 2.07. The first-order valence-corrected chi connectivity index (χ1v) is 7.84. The number of nitrogens with one attached hydrogen (secondary N) is 2. The highest BCUT2D eigenvalue weighted by Gasteiger charge is 2.15. The smallest absolute Gasteiger partial charge is 0.194 e. The molecule has 0 saturated carbocycles. The van der Waals surface area contributed by atoms with E-state index in [1.807, 2.05) is 6.20 Å². The molecule has 2 N–H and O–H groups in total. The van der Waals surface area contributed by atoms with Crippen LogP contribution < -0.4 is 10.6 Å². The summed E-state index contributed by atoms with van der Waals surface area (Å²) in [6.07, 6.45) is 8.63. The highest BCUT2D eigenvalue weighted by Crippen LogP contribution is 2.24. The van der Waals surface area contributed by atoms with Gasteiger partial charge in [-0.25, -0.2) is 9.97 Å². The van der Waals surface area contributed by atoms with Crippen molar-refractivity contribution < 1.29 is 0 Å². The number of thiazole rings is 1. The summed E-state index contributed by atoms with van der Waals surface area (Å²) in [5.74, 6) is 0.822. The molecule has 3 aromatic rings. The molecule has 3 aromatic heterocycles. The second-order valence-corrected chi connectivity index (χ2v) is 6.47. The van der Waals surface area contributed by atoms with Gasteiger partial charge in [0.2, 0.25) is 0 Å². The fourth-order valence-electron chi connectivity index (χ4n) is 2.63. The number of hydrogen-bond acceptors (Lipinski definition) is 6. The maximum Gasteiger partial charge on any atom is 0.194 e. The Labute approximate surface area is 126 Å². The number of anilines is 1. The average molecular weight is 300 g/mol. The summed E-state index contributed by atoms with van der Waals surface area (Å²) in [6, 6.07) is 0.434. The van der Waals surface area contributed by atoms with Crippen LogP contribution in [0.2, 0.25) is 0 Å². The number of rotatable bonds is 3. The normalized spacial score (nSPS) is 18.4. The van der Waals surface area contributed by atoms with Gasteiger partial charge in [-0.3, -0.25) is 9.38 Å². The van der Waals surface area contributed by atoms with E-state index in [9.17, 15) is 0 Å². The van der Waals surface area contributed by atoms with Crippen molar-refractivity contribution in [2.75, 3.05) is 18.4 Å². The average Bonchev–Trinajstić information content (AvgIpc) is 3.16. The molecule has 21 heavy (non-hydrogen) atoms. The molecular weight excluding hydrogens is 284 g/mol. The summed E-state index contributed by atoms with van der Waals surface area (Å²) in [6.45, 7) is 4.12. The third-order valence-corrected chi connectivity index (χ3v) is 4.55. The molecule has 108 valence electrons. The van der Waals surface area contributed by atoms with Crippen LogP contribution in [0, 0.1) is 6.92 Å². The van der Waals surface area contributed by atoms with Gasteiger partial charge in [-0.1, -0.05) is 0 Å². The second-order valence-electron chi connectivity index (χ2n) is 5.26. The first-order valence-electron chi connectivity index (χ1n) is 7.03. The van der Waals surface area contributed by atoms with Gasteiger partial charge in [0.05, 0.1) is 24.3 Å². The molecule has 0 bridgehead atoms. The van der Waals surface area contributed by atoms with E-state index in [1.54, 1.807) is 23.7 Å². The minimum atomic E-state index is 0.434. The molecule has 1 aliphatic rings. The largest absolute Gasteiger partial charge is 0.365 e. The van der Waals surface area contributed by atoms with Crippen LogP contribution >= 0.6 is 11.3 Å². The summed E-state index contributed by atoms with van der Waals surface area (Å²) in [5, 5.41) is 6.77. The van der Waals surface area contributed by atoms with Crippen LogP contribution in [-0.2, 0) is 0 Å². The van der Waals surface area contributed by atoms with Crippen LogP contribution in [-0.4, -0.2) is 38.5 Å². The van der Waals surface area contributed by atoms with Gasteiger partial charge in [0.1, 0.15) is 11.5 Å². The van der Waals surface area contributed by atoms with Gasteiger partial charge < -0.3 is 10.6 Å². The van der Waals surface area contributed by atoms with Crippen molar-refractivity contribution in [3.8, 4) is 11.4 Å². The zero-order valence-electron chi connectivity index (χ0n) is 11.7. The van der Waals surface area contributed by atoms with Crippen LogP contribution in [0.15, 0.2) is 24.8 Å². The summed E-state index contributed by atoms with van der Waals surface area (Å²) in [4.78, 5) is 15.6. The van der Waals surface area contributed by atoms with Crippen molar-refractivity contribution >= 4 is 22.1 Å². The highest BCUT2D eigenvalue weighted by atomic mass is 32.1. The lowest BCUT2D eigenvalue weighted by Gasteiger charge is -2.12. The highest BCUT2D eigenvalue weighted by molar-refractivity contribution is 7.17. The van der Waals surface area contributed by atoms with E-state index in [1.165, 1.54) is 4.88 Å². The molecule has 6 nitrogen and oxygen atoms in total.